The average Bonchev–Trinajstić information content (AvgIpc) is 2.70. The first-order valence-electron chi connectivity index (χ1n) is 5.48. The van der Waals surface area contributed by atoms with Gasteiger partial charge in [-0.05, 0) is 19.4 Å². The van der Waals surface area contributed by atoms with Crippen molar-refractivity contribution in [2.75, 3.05) is 0 Å². The summed E-state index contributed by atoms with van der Waals surface area (Å²) in [4.78, 5) is 0. The van der Waals surface area contributed by atoms with Crippen molar-refractivity contribution < 1.29 is 0 Å². The zero-order valence-electron chi connectivity index (χ0n) is 9.72. The van der Waals surface area contributed by atoms with E-state index in [0.29, 0.717) is 0 Å². The van der Waals surface area contributed by atoms with Crippen molar-refractivity contribution in [2.45, 2.75) is 26.4 Å². The van der Waals surface area contributed by atoms with E-state index in [-0.39, 0.29) is 6.04 Å². The van der Waals surface area contributed by atoms with Crippen LogP contribution in [0.2, 0.25) is 0 Å². The molecule has 2 N–H and O–H groups in total. The minimum Gasteiger partial charge on any atom is -0.324 e. The Balaban J connectivity index is 2.11. The second-order valence-corrected chi connectivity index (χ2v) is 4.25. The zero-order chi connectivity index (χ0) is 11.5. The molecule has 16 heavy (non-hydrogen) atoms. The van der Waals surface area contributed by atoms with E-state index in [0.717, 1.165) is 12.1 Å². The summed E-state index contributed by atoms with van der Waals surface area (Å²) < 4.78 is 1.92. The highest BCUT2D eigenvalue weighted by Crippen LogP contribution is 2.09. The van der Waals surface area contributed by atoms with Crippen molar-refractivity contribution in [1.82, 2.24) is 9.78 Å². The van der Waals surface area contributed by atoms with Gasteiger partial charge in [0.05, 0.1) is 12.7 Å². The van der Waals surface area contributed by atoms with Gasteiger partial charge in [0.15, 0.2) is 0 Å². The normalized spacial score (nSPS) is 12.7. The van der Waals surface area contributed by atoms with Gasteiger partial charge in [-0.3, -0.25) is 4.68 Å². The first kappa shape index (κ1) is 10.9. The van der Waals surface area contributed by atoms with Gasteiger partial charge in [0.1, 0.15) is 0 Å². The predicted molar refractivity (Wildman–Crippen MR) is 65.1 cm³/mol. The molecule has 0 radical (unpaired) electrons. The van der Waals surface area contributed by atoms with Crippen LogP contribution in [-0.4, -0.2) is 9.78 Å². The minimum atomic E-state index is 0.0479. The van der Waals surface area contributed by atoms with Crippen LogP contribution < -0.4 is 5.73 Å². The summed E-state index contributed by atoms with van der Waals surface area (Å²) in [5.41, 5.74) is 9.40. The predicted octanol–water partition coefficient (Wildman–Crippen LogP) is 2.26. The third-order valence-corrected chi connectivity index (χ3v) is 2.64. The fraction of sp³-hybridized carbons (Fsp3) is 0.308. The van der Waals surface area contributed by atoms with Crippen LogP contribution in [0.1, 0.15) is 29.7 Å². The Morgan fingerprint density at radius 1 is 1.31 bits per heavy atom. The molecule has 2 rings (SSSR count). The largest absolute Gasteiger partial charge is 0.324 e. The Kier molecular flexibility index (Phi) is 3.06. The van der Waals surface area contributed by atoms with E-state index < -0.39 is 0 Å². The molecule has 0 fully saturated rings. The van der Waals surface area contributed by atoms with E-state index in [1.165, 1.54) is 11.1 Å². The summed E-state index contributed by atoms with van der Waals surface area (Å²) in [5, 5.41) is 4.29. The summed E-state index contributed by atoms with van der Waals surface area (Å²) in [5.74, 6) is 0. The third kappa shape index (κ3) is 2.49. The van der Waals surface area contributed by atoms with Crippen molar-refractivity contribution in [1.29, 1.82) is 0 Å². The van der Waals surface area contributed by atoms with Crippen LogP contribution in [0.5, 0.6) is 0 Å². The molecule has 0 saturated heterocycles. The smallest absolute Gasteiger partial charge is 0.0659 e. The second kappa shape index (κ2) is 4.49. The molecule has 3 nitrogen and oxygen atoms in total. The lowest BCUT2D eigenvalue weighted by molar-refractivity contribution is 0.684. The molecule has 1 atom stereocenters. The molecule has 1 unspecified atom stereocenters. The molecular formula is C13H17N3. The van der Waals surface area contributed by atoms with Gasteiger partial charge < -0.3 is 5.73 Å². The quantitative estimate of drug-likeness (QED) is 0.853. The van der Waals surface area contributed by atoms with Crippen molar-refractivity contribution in [2.24, 2.45) is 5.73 Å². The molecule has 2 aromatic rings. The highest BCUT2D eigenvalue weighted by atomic mass is 15.3. The van der Waals surface area contributed by atoms with E-state index >= 15 is 0 Å². The molecule has 84 valence electrons. The van der Waals surface area contributed by atoms with E-state index in [9.17, 15) is 0 Å². The number of aromatic nitrogens is 2. The van der Waals surface area contributed by atoms with Crippen LogP contribution in [-0.2, 0) is 6.54 Å². The van der Waals surface area contributed by atoms with Gasteiger partial charge >= 0.3 is 0 Å². The summed E-state index contributed by atoms with van der Waals surface area (Å²) in [7, 11) is 0. The van der Waals surface area contributed by atoms with Crippen LogP contribution in [0, 0.1) is 6.92 Å². The Labute approximate surface area is 95.9 Å². The lowest BCUT2D eigenvalue weighted by Gasteiger charge is -2.02. The number of nitrogens with two attached hydrogens (primary N) is 1. The first-order chi connectivity index (χ1) is 7.65. The lowest BCUT2D eigenvalue weighted by Crippen LogP contribution is -2.04. The SMILES string of the molecule is Cc1ccc(Cn2cc(C(C)N)cn2)cc1. The molecule has 0 bridgehead atoms. The number of hydrogen-bond acceptors (Lipinski definition) is 2. The number of rotatable bonds is 3. The van der Waals surface area contributed by atoms with Gasteiger partial charge in [-0.15, -0.1) is 0 Å². The maximum absolute atomic E-state index is 5.79. The van der Waals surface area contributed by atoms with Crippen LogP contribution in [0.3, 0.4) is 0 Å². The van der Waals surface area contributed by atoms with E-state index in [2.05, 4.69) is 36.3 Å². The third-order valence-electron chi connectivity index (χ3n) is 2.64. The van der Waals surface area contributed by atoms with Crippen molar-refractivity contribution >= 4 is 0 Å². The molecule has 1 aromatic carbocycles. The number of nitrogens with zero attached hydrogens (tertiary/aromatic N) is 2. The molecule has 0 aliphatic heterocycles. The number of aryl methyl sites for hydroxylation is 1. The molecular weight excluding hydrogens is 198 g/mol. The van der Waals surface area contributed by atoms with Crippen molar-refractivity contribution in [3.8, 4) is 0 Å². The highest BCUT2D eigenvalue weighted by molar-refractivity contribution is 5.21. The summed E-state index contributed by atoms with van der Waals surface area (Å²) in [6.07, 6.45) is 3.84. The number of benzene rings is 1. The molecule has 0 spiro atoms. The van der Waals surface area contributed by atoms with Gasteiger partial charge in [0.25, 0.3) is 0 Å². The molecule has 0 amide bonds. The Bertz CT molecular complexity index is 454. The maximum atomic E-state index is 5.79. The highest BCUT2D eigenvalue weighted by Gasteiger charge is 2.03. The van der Waals surface area contributed by atoms with Gasteiger partial charge in [-0.25, -0.2) is 0 Å². The lowest BCUT2D eigenvalue weighted by atomic mass is 10.1. The topological polar surface area (TPSA) is 43.8 Å². The van der Waals surface area contributed by atoms with Gasteiger partial charge in [-0.1, -0.05) is 29.8 Å². The fourth-order valence-corrected chi connectivity index (χ4v) is 1.58. The average molecular weight is 215 g/mol. The van der Waals surface area contributed by atoms with E-state index in [1.807, 2.05) is 24.0 Å². The summed E-state index contributed by atoms with van der Waals surface area (Å²) in [6.45, 7) is 4.85. The minimum absolute atomic E-state index is 0.0479. The van der Waals surface area contributed by atoms with Crippen LogP contribution >= 0.6 is 0 Å². The Hall–Kier alpha value is -1.61. The molecule has 0 aliphatic rings. The maximum Gasteiger partial charge on any atom is 0.0659 e. The van der Waals surface area contributed by atoms with Crippen LogP contribution in [0.25, 0.3) is 0 Å². The van der Waals surface area contributed by atoms with Crippen LogP contribution in [0.4, 0.5) is 0 Å². The summed E-state index contributed by atoms with van der Waals surface area (Å²) in [6, 6.07) is 8.54. The van der Waals surface area contributed by atoms with Gasteiger partial charge in [0.2, 0.25) is 0 Å². The monoisotopic (exact) mass is 215 g/mol. The molecule has 1 heterocycles. The summed E-state index contributed by atoms with van der Waals surface area (Å²) >= 11 is 0. The standard InChI is InChI=1S/C13H17N3/c1-10-3-5-12(6-4-10)8-16-9-13(7-15-16)11(2)14/h3-7,9,11H,8,14H2,1-2H3. The van der Waals surface area contributed by atoms with Crippen molar-refractivity contribution in [3.63, 3.8) is 0 Å². The van der Waals surface area contributed by atoms with Gasteiger partial charge in [-0.2, -0.15) is 5.10 Å². The van der Waals surface area contributed by atoms with Crippen molar-refractivity contribution in [3.05, 3.63) is 53.3 Å². The fourth-order valence-electron chi connectivity index (χ4n) is 1.58. The number of hydrogen-bond donors (Lipinski definition) is 1. The Morgan fingerprint density at radius 3 is 2.56 bits per heavy atom. The Morgan fingerprint density at radius 2 is 2.00 bits per heavy atom. The molecule has 0 saturated carbocycles. The molecule has 3 heteroatoms. The zero-order valence-corrected chi connectivity index (χ0v) is 9.72. The van der Waals surface area contributed by atoms with E-state index in [4.69, 9.17) is 5.73 Å². The molecule has 0 aliphatic carbocycles. The second-order valence-electron chi connectivity index (χ2n) is 4.25. The van der Waals surface area contributed by atoms with E-state index in [1.54, 1.807) is 0 Å². The van der Waals surface area contributed by atoms with Gasteiger partial charge in [0, 0.05) is 17.8 Å². The van der Waals surface area contributed by atoms with Crippen LogP contribution in [0.15, 0.2) is 36.7 Å². The first-order valence-corrected chi connectivity index (χ1v) is 5.48. The molecule has 1 aromatic heterocycles.